The molecule has 150 valence electrons. The zero-order valence-corrected chi connectivity index (χ0v) is 19.1. The molecule has 1 aromatic heterocycles. The molecular weight excluding hydrogens is 382 g/mol. The molecule has 1 aromatic rings. The van der Waals surface area contributed by atoms with Gasteiger partial charge in [-0.15, -0.1) is 11.3 Å². The van der Waals surface area contributed by atoms with Crippen molar-refractivity contribution in [2.24, 2.45) is 0 Å². The van der Waals surface area contributed by atoms with Crippen LogP contribution in [0.15, 0.2) is 5.38 Å². The van der Waals surface area contributed by atoms with Crippen LogP contribution in [0, 0.1) is 11.3 Å². The number of hydrogen-bond donors (Lipinski definition) is 1. The number of nitrogens with one attached hydrogen (secondary N) is 1. The molecule has 0 aromatic carbocycles. The molecule has 0 saturated heterocycles. The first-order valence-electron chi connectivity index (χ1n) is 8.69. The van der Waals surface area contributed by atoms with E-state index >= 15 is 0 Å². The molecule has 0 bridgehead atoms. The molecule has 1 unspecified atom stereocenters. The molecule has 0 fully saturated rings. The summed E-state index contributed by atoms with van der Waals surface area (Å²) in [4.78, 5) is 28.1. The SMILES string of the molecule is CC(C)(C)OC(=O)NCC(=O)c1csc(C(C#N)O[Si](C)(C)C(C)(C)C)n1. The second-order valence-corrected chi connectivity index (χ2v) is 14.4. The predicted octanol–water partition coefficient (Wildman–Crippen LogP) is 4.44. The maximum absolute atomic E-state index is 12.2. The van der Waals surface area contributed by atoms with Crippen molar-refractivity contribution in [3.8, 4) is 6.07 Å². The lowest BCUT2D eigenvalue weighted by Gasteiger charge is -2.37. The quantitative estimate of drug-likeness (QED) is 0.548. The van der Waals surface area contributed by atoms with Gasteiger partial charge in [-0.3, -0.25) is 4.79 Å². The van der Waals surface area contributed by atoms with Crippen LogP contribution >= 0.6 is 11.3 Å². The molecule has 1 rings (SSSR count). The van der Waals surface area contributed by atoms with E-state index in [1.807, 2.05) is 0 Å². The summed E-state index contributed by atoms with van der Waals surface area (Å²) in [6.07, 6.45) is -1.47. The summed E-state index contributed by atoms with van der Waals surface area (Å²) >= 11 is 1.20. The molecule has 0 aliphatic carbocycles. The Labute approximate surface area is 166 Å². The zero-order chi connectivity index (χ0) is 21.0. The summed E-state index contributed by atoms with van der Waals surface area (Å²) in [7, 11) is -2.16. The second kappa shape index (κ2) is 8.50. The average Bonchev–Trinajstić information content (AvgIpc) is 2.97. The Morgan fingerprint density at radius 1 is 1.30 bits per heavy atom. The van der Waals surface area contributed by atoms with Crippen molar-refractivity contribution in [2.75, 3.05) is 6.54 Å². The monoisotopic (exact) mass is 411 g/mol. The molecular formula is C18H29N3O4SSi. The molecule has 0 radical (unpaired) electrons. The van der Waals surface area contributed by atoms with Crippen molar-refractivity contribution in [2.45, 2.75) is 71.4 Å². The van der Waals surface area contributed by atoms with E-state index in [-0.39, 0.29) is 23.1 Å². The number of thiazole rings is 1. The van der Waals surface area contributed by atoms with Crippen LogP contribution in [0.25, 0.3) is 0 Å². The first-order valence-corrected chi connectivity index (χ1v) is 12.5. The van der Waals surface area contributed by atoms with E-state index in [0.717, 1.165) is 0 Å². The summed E-state index contributed by atoms with van der Waals surface area (Å²) in [5.74, 6) is -0.354. The van der Waals surface area contributed by atoms with Gasteiger partial charge in [0.25, 0.3) is 0 Å². The van der Waals surface area contributed by atoms with Crippen molar-refractivity contribution in [1.29, 1.82) is 5.26 Å². The number of alkyl carbamates (subject to hydrolysis) is 1. The van der Waals surface area contributed by atoms with Gasteiger partial charge in [-0.25, -0.2) is 9.78 Å². The number of nitrogens with zero attached hydrogens (tertiary/aromatic N) is 2. The molecule has 1 atom stereocenters. The third-order valence-electron chi connectivity index (χ3n) is 4.16. The smallest absolute Gasteiger partial charge is 0.408 e. The van der Waals surface area contributed by atoms with E-state index in [9.17, 15) is 14.9 Å². The molecule has 0 saturated carbocycles. The largest absolute Gasteiger partial charge is 0.444 e. The molecule has 9 heteroatoms. The third-order valence-corrected chi connectivity index (χ3v) is 9.49. The van der Waals surface area contributed by atoms with Crippen LogP contribution in [-0.2, 0) is 9.16 Å². The minimum Gasteiger partial charge on any atom is -0.444 e. The highest BCUT2D eigenvalue weighted by atomic mass is 32.1. The first kappa shape index (κ1) is 23.3. The summed E-state index contributed by atoms with van der Waals surface area (Å²) in [6, 6.07) is 2.13. The number of nitriles is 1. The maximum atomic E-state index is 12.2. The number of amides is 1. The number of rotatable bonds is 6. The van der Waals surface area contributed by atoms with Crippen LogP contribution in [0.3, 0.4) is 0 Å². The highest BCUT2D eigenvalue weighted by molar-refractivity contribution is 7.10. The van der Waals surface area contributed by atoms with Crippen molar-refractivity contribution in [1.82, 2.24) is 10.3 Å². The summed E-state index contributed by atoms with van der Waals surface area (Å²) in [5, 5.41) is 13.9. The van der Waals surface area contributed by atoms with E-state index in [4.69, 9.17) is 9.16 Å². The van der Waals surface area contributed by atoms with Crippen LogP contribution in [0.5, 0.6) is 0 Å². The number of ketones is 1. The molecule has 1 heterocycles. The van der Waals surface area contributed by atoms with E-state index in [1.165, 1.54) is 11.3 Å². The van der Waals surface area contributed by atoms with E-state index < -0.39 is 26.1 Å². The highest BCUT2D eigenvalue weighted by Gasteiger charge is 2.40. The number of ether oxygens (including phenoxy) is 1. The number of hydrogen-bond acceptors (Lipinski definition) is 7. The Kier molecular flexibility index (Phi) is 7.33. The van der Waals surface area contributed by atoms with Gasteiger partial charge in [0.15, 0.2) is 14.4 Å². The molecule has 1 N–H and O–H groups in total. The molecule has 27 heavy (non-hydrogen) atoms. The Bertz CT molecular complexity index is 726. The van der Waals surface area contributed by atoms with Crippen LogP contribution in [-0.4, -0.2) is 37.3 Å². The lowest BCUT2D eigenvalue weighted by Crippen LogP contribution is -2.41. The van der Waals surface area contributed by atoms with Gasteiger partial charge in [-0.2, -0.15) is 5.26 Å². The zero-order valence-electron chi connectivity index (χ0n) is 17.3. The van der Waals surface area contributed by atoms with E-state index in [1.54, 1.807) is 26.2 Å². The highest BCUT2D eigenvalue weighted by Crippen LogP contribution is 2.39. The van der Waals surface area contributed by atoms with Crippen LogP contribution in [0.2, 0.25) is 18.1 Å². The Morgan fingerprint density at radius 2 is 1.89 bits per heavy atom. The Hall–Kier alpha value is -1.76. The van der Waals surface area contributed by atoms with Gasteiger partial charge in [-0.05, 0) is 38.9 Å². The Morgan fingerprint density at radius 3 is 2.37 bits per heavy atom. The summed E-state index contributed by atoms with van der Waals surface area (Å²) in [6.45, 7) is 15.4. The lowest BCUT2D eigenvalue weighted by molar-refractivity contribution is 0.0520. The minimum absolute atomic E-state index is 0.0463. The number of aromatic nitrogens is 1. The predicted molar refractivity (Wildman–Crippen MR) is 107 cm³/mol. The van der Waals surface area contributed by atoms with Gasteiger partial charge < -0.3 is 14.5 Å². The van der Waals surface area contributed by atoms with Gasteiger partial charge in [0.2, 0.25) is 5.78 Å². The third kappa shape index (κ3) is 7.05. The standard InChI is InChI=1S/C18H29N3O4SSi/c1-17(2,3)24-16(23)20-10-13(22)12-11-26-15(21-12)14(9-19)25-27(7,8)18(4,5)6/h11,14H,10H2,1-8H3,(H,20,23). The van der Waals surface area contributed by atoms with Crippen LogP contribution in [0.1, 0.15) is 63.1 Å². The van der Waals surface area contributed by atoms with Crippen LogP contribution < -0.4 is 5.32 Å². The summed E-state index contributed by atoms with van der Waals surface area (Å²) < 4.78 is 11.2. The molecule has 0 spiro atoms. The second-order valence-electron chi connectivity index (χ2n) is 8.74. The van der Waals surface area contributed by atoms with Crippen molar-refractivity contribution >= 4 is 31.5 Å². The van der Waals surface area contributed by atoms with Crippen molar-refractivity contribution in [3.63, 3.8) is 0 Å². The lowest BCUT2D eigenvalue weighted by atomic mass is 10.2. The summed E-state index contributed by atoms with van der Waals surface area (Å²) in [5.41, 5.74) is -0.438. The van der Waals surface area contributed by atoms with Gasteiger partial charge in [-0.1, -0.05) is 20.8 Å². The maximum Gasteiger partial charge on any atom is 0.408 e. The van der Waals surface area contributed by atoms with Gasteiger partial charge >= 0.3 is 6.09 Å². The molecule has 0 aliphatic rings. The first-order chi connectivity index (χ1) is 12.2. The topological polar surface area (TPSA) is 101 Å². The number of Topliss-reactive ketones (excluding diaryl/α,β-unsaturated/α-hetero) is 1. The fourth-order valence-corrected chi connectivity index (χ4v) is 3.68. The van der Waals surface area contributed by atoms with E-state index in [0.29, 0.717) is 5.01 Å². The number of carbonyl (C=O) groups excluding carboxylic acids is 2. The average molecular weight is 412 g/mol. The minimum atomic E-state index is -2.16. The Balaban J connectivity index is 2.77. The van der Waals surface area contributed by atoms with E-state index in [2.05, 4.69) is 50.2 Å². The fourth-order valence-electron chi connectivity index (χ4n) is 1.70. The van der Waals surface area contributed by atoms with Gasteiger partial charge in [0.1, 0.15) is 22.4 Å². The fraction of sp³-hybridized carbons (Fsp3) is 0.667. The van der Waals surface area contributed by atoms with Crippen LogP contribution in [0.4, 0.5) is 4.79 Å². The van der Waals surface area contributed by atoms with Crippen molar-refractivity contribution in [3.05, 3.63) is 16.1 Å². The van der Waals surface area contributed by atoms with Gasteiger partial charge in [0.05, 0.1) is 6.54 Å². The molecule has 7 nitrogen and oxygen atoms in total. The van der Waals surface area contributed by atoms with Gasteiger partial charge in [0, 0.05) is 5.38 Å². The number of carbonyl (C=O) groups is 2. The molecule has 0 aliphatic heterocycles. The molecule has 1 amide bonds. The normalized spacial score (nSPS) is 13.6. The van der Waals surface area contributed by atoms with Crippen molar-refractivity contribution < 1.29 is 18.8 Å².